The fraction of sp³-hybridized carbons (Fsp3) is 1.00. The minimum absolute atomic E-state index is 0.330. The van der Waals surface area contributed by atoms with Gasteiger partial charge in [0.1, 0.15) is 6.79 Å². The van der Waals surface area contributed by atoms with Gasteiger partial charge in [-0.05, 0) is 25.2 Å². The van der Waals surface area contributed by atoms with Crippen molar-refractivity contribution in [2.45, 2.75) is 38.4 Å². The lowest BCUT2D eigenvalue weighted by molar-refractivity contribution is -0.137. The molecule has 0 saturated carbocycles. The Morgan fingerprint density at radius 3 is 2.81 bits per heavy atom. The fourth-order valence-electron chi connectivity index (χ4n) is 2.47. The summed E-state index contributed by atoms with van der Waals surface area (Å²) in [4.78, 5) is 0. The number of hydrogen-bond acceptors (Lipinski definition) is 4. The van der Waals surface area contributed by atoms with Gasteiger partial charge in [0.25, 0.3) is 0 Å². The summed E-state index contributed by atoms with van der Waals surface area (Å²) in [6.07, 6.45) is 4.12. The van der Waals surface area contributed by atoms with Crippen LogP contribution in [0.5, 0.6) is 0 Å². The molecule has 94 valence electrons. The van der Waals surface area contributed by atoms with Crippen molar-refractivity contribution in [1.29, 1.82) is 0 Å². The van der Waals surface area contributed by atoms with E-state index in [1.54, 1.807) is 0 Å². The van der Waals surface area contributed by atoms with Gasteiger partial charge in [-0.15, -0.1) is 0 Å². The Bertz CT molecular complexity index is 195. The lowest BCUT2D eigenvalue weighted by atomic mass is 9.99. The van der Waals surface area contributed by atoms with E-state index in [4.69, 9.17) is 14.2 Å². The Morgan fingerprint density at radius 2 is 2.06 bits per heavy atom. The predicted octanol–water partition coefficient (Wildman–Crippen LogP) is 1.15. The van der Waals surface area contributed by atoms with Crippen LogP contribution in [-0.4, -0.2) is 45.3 Å². The van der Waals surface area contributed by atoms with Crippen molar-refractivity contribution in [3.8, 4) is 0 Å². The van der Waals surface area contributed by atoms with Crippen LogP contribution >= 0.6 is 0 Å². The Kier molecular flexibility index (Phi) is 5.03. The molecule has 0 aromatic heterocycles. The van der Waals surface area contributed by atoms with Crippen molar-refractivity contribution in [3.05, 3.63) is 0 Å². The van der Waals surface area contributed by atoms with E-state index in [1.807, 2.05) is 0 Å². The van der Waals surface area contributed by atoms with Gasteiger partial charge in [0.2, 0.25) is 0 Å². The van der Waals surface area contributed by atoms with Crippen LogP contribution in [0.1, 0.15) is 26.2 Å². The summed E-state index contributed by atoms with van der Waals surface area (Å²) < 4.78 is 16.3. The molecule has 2 fully saturated rings. The molecule has 2 aliphatic rings. The number of hydrogen-bond donors (Lipinski definition) is 1. The molecular weight excluding hydrogens is 206 g/mol. The molecular formula is C12H23NO3. The van der Waals surface area contributed by atoms with Crippen LogP contribution in [0.3, 0.4) is 0 Å². The van der Waals surface area contributed by atoms with Crippen molar-refractivity contribution in [2.75, 3.05) is 33.1 Å². The second-order valence-corrected chi connectivity index (χ2v) is 4.63. The first-order chi connectivity index (χ1) is 7.90. The van der Waals surface area contributed by atoms with Crippen LogP contribution in [0, 0.1) is 5.92 Å². The smallest absolute Gasteiger partial charge is 0.147 e. The molecule has 0 radical (unpaired) electrons. The van der Waals surface area contributed by atoms with Crippen LogP contribution < -0.4 is 5.32 Å². The maximum Gasteiger partial charge on any atom is 0.147 e. The van der Waals surface area contributed by atoms with Crippen LogP contribution in [0.4, 0.5) is 0 Å². The van der Waals surface area contributed by atoms with E-state index in [1.165, 1.54) is 6.42 Å². The van der Waals surface area contributed by atoms with Gasteiger partial charge in [-0.1, -0.05) is 6.92 Å². The molecule has 4 nitrogen and oxygen atoms in total. The second kappa shape index (κ2) is 6.55. The molecule has 2 rings (SSSR count). The zero-order valence-electron chi connectivity index (χ0n) is 10.1. The molecule has 0 aromatic rings. The van der Waals surface area contributed by atoms with Crippen molar-refractivity contribution >= 4 is 0 Å². The molecule has 3 unspecified atom stereocenters. The van der Waals surface area contributed by atoms with Crippen molar-refractivity contribution in [1.82, 2.24) is 5.32 Å². The van der Waals surface area contributed by atoms with E-state index in [9.17, 15) is 0 Å². The Hall–Kier alpha value is -0.160. The minimum Gasteiger partial charge on any atom is -0.378 e. The highest BCUT2D eigenvalue weighted by Gasteiger charge is 2.26. The van der Waals surface area contributed by atoms with Gasteiger partial charge < -0.3 is 19.5 Å². The highest BCUT2D eigenvalue weighted by molar-refractivity contribution is 4.77. The molecule has 0 aliphatic carbocycles. The normalized spacial score (nSPS) is 35.4. The third kappa shape index (κ3) is 3.42. The van der Waals surface area contributed by atoms with Gasteiger partial charge in [0.15, 0.2) is 0 Å². The molecule has 1 N–H and O–H groups in total. The van der Waals surface area contributed by atoms with Gasteiger partial charge in [-0.3, -0.25) is 0 Å². The van der Waals surface area contributed by atoms with E-state index < -0.39 is 0 Å². The Labute approximate surface area is 97.6 Å². The number of ether oxygens (including phenoxy) is 3. The van der Waals surface area contributed by atoms with E-state index in [-0.39, 0.29) is 0 Å². The number of rotatable bonds is 5. The fourth-order valence-corrected chi connectivity index (χ4v) is 2.47. The zero-order valence-corrected chi connectivity index (χ0v) is 10.1. The van der Waals surface area contributed by atoms with Gasteiger partial charge in [-0.25, -0.2) is 0 Å². The van der Waals surface area contributed by atoms with E-state index >= 15 is 0 Å². The summed E-state index contributed by atoms with van der Waals surface area (Å²) >= 11 is 0. The SMILES string of the molecule is CCC1OCCC1CNCC1CCOCO1. The monoisotopic (exact) mass is 229 g/mol. The third-order valence-corrected chi connectivity index (χ3v) is 3.50. The topological polar surface area (TPSA) is 39.7 Å². The summed E-state index contributed by atoms with van der Waals surface area (Å²) in [5, 5.41) is 3.50. The average molecular weight is 229 g/mol. The summed E-state index contributed by atoms with van der Waals surface area (Å²) in [5.41, 5.74) is 0. The first-order valence-corrected chi connectivity index (χ1v) is 6.41. The largest absolute Gasteiger partial charge is 0.378 e. The molecule has 2 aliphatic heterocycles. The first-order valence-electron chi connectivity index (χ1n) is 6.41. The lowest BCUT2D eigenvalue weighted by Crippen LogP contribution is -2.37. The van der Waals surface area contributed by atoms with Gasteiger partial charge in [0.05, 0.1) is 18.8 Å². The lowest BCUT2D eigenvalue weighted by Gasteiger charge is -2.24. The zero-order chi connectivity index (χ0) is 11.2. The van der Waals surface area contributed by atoms with Crippen LogP contribution in [0.15, 0.2) is 0 Å². The quantitative estimate of drug-likeness (QED) is 0.768. The minimum atomic E-state index is 0.330. The maximum atomic E-state index is 5.67. The molecule has 16 heavy (non-hydrogen) atoms. The molecule has 0 spiro atoms. The maximum absolute atomic E-state index is 5.67. The molecule has 0 bridgehead atoms. The summed E-state index contributed by atoms with van der Waals surface area (Å²) in [7, 11) is 0. The van der Waals surface area contributed by atoms with Crippen LogP contribution in [0.2, 0.25) is 0 Å². The molecule has 3 atom stereocenters. The second-order valence-electron chi connectivity index (χ2n) is 4.63. The Morgan fingerprint density at radius 1 is 1.12 bits per heavy atom. The Balaban J connectivity index is 1.59. The third-order valence-electron chi connectivity index (χ3n) is 3.50. The summed E-state index contributed by atoms with van der Waals surface area (Å²) in [6, 6.07) is 0. The van der Waals surface area contributed by atoms with Crippen molar-refractivity contribution in [2.24, 2.45) is 5.92 Å². The summed E-state index contributed by atoms with van der Waals surface area (Å²) in [6.45, 7) is 6.41. The van der Waals surface area contributed by atoms with Crippen LogP contribution in [-0.2, 0) is 14.2 Å². The molecule has 4 heteroatoms. The molecule has 0 amide bonds. The van der Waals surface area contributed by atoms with Crippen molar-refractivity contribution in [3.63, 3.8) is 0 Å². The van der Waals surface area contributed by atoms with Crippen LogP contribution in [0.25, 0.3) is 0 Å². The highest BCUT2D eigenvalue weighted by Crippen LogP contribution is 2.22. The van der Waals surface area contributed by atoms with E-state index in [0.717, 1.165) is 39.1 Å². The van der Waals surface area contributed by atoms with Gasteiger partial charge in [-0.2, -0.15) is 0 Å². The molecule has 2 saturated heterocycles. The average Bonchev–Trinajstić information content (AvgIpc) is 2.78. The molecule has 2 heterocycles. The van der Waals surface area contributed by atoms with E-state index in [2.05, 4.69) is 12.2 Å². The predicted molar refractivity (Wildman–Crippen MR) is 61.3 cm³/mol. The van der Waals surface area contributed by atoms with Crippen molar-refractivity contribution < 1.29 is 14.2 Å². The highest BCUT2D eigenvalue weighted by atomic mass is 16.7. The van der Waals surface area contributed by atoms with Gasteiger partial charge in [0, 0.05) is 19.7 Å². The van der Waals surface area contributed by atoms with Gasteiger partial charge >= 0.3 is 0 Å². The van der Waals surface area contributed by atoms with E-state index in [0.29, 0.717) is 24.9 Å². The number of nitrogens with one attached hydrogen (secondary N) is 1. The standard InChI is InChI=1S/C12H23NO3/c1-2-12-10(3-6-15-12)7-13-8-11-4-5-14-9-16-11/h10-13H,2-9H2,1H3. The summed E-state index contributed by atoms with van der Waals surface area (Å²) in [5.74, 6) is 0.685. The molecule has 0 aromatic carbocycles. The first kappa shape index (κ1) is 12.3.